The molecule has 0 unspecified atom stereocenters. The van der Waals surface area contributed by atoms with Crippen molar-refractivity contribution >= 4 is 23.6 Å². The SMILES string of the molecule is CCCCCCCCC(=O)N1CC(=O)N(C(=O)CCCCCCCC)CC1=O. The average molecular weight is 395 g/mol. The predicted octanol–water partition coefficient (Wildman–Crippen LogP) is 4.21. The first-order valence-corrected chi connectivity index (χ1v) is 11.2. The van der Waals surface area contributed by atoms with Crippen molar-refractivity contribution in [1.29, 1.82) is 0 Å². The predicted molar refractivity (Wildman–Crippen MR) is 109 cm³/mol. The summed E-state index contributed by atoms with van der Waals surface area (Å²) in [6.45, 7) is 3.72. The summed E-state index contributed by atoms with van der Waals surface area (Å²) in [5, 5.41) is 0. The molecule has 6 heteroatoms. The van der Waals surface area contributed by atoms with E-state index in [1.807, 2.05) is 0 Å². The van der Waals surface area contributed by atoms with Gasteiger partial charge in [-0.15, -0.1) is 0 Å². The maximum Gasteiger partial charge on any atom is 0.249 e. The molecule has 0 spiro atoms. The van der Waals surface area contributed by atoms with Crippen LogP contribution in [0.2, 0.25) is 0 Å². The number of hydrogen-bond donors (Lipinski definition) is 0. The third kappa shape index (κ3) is 8.98. The number of carbonyl (C=O) groups is 4. The van der Waals surface area contributed by atoms with E-state index < -0.39 is 11.8 Å². The van der Waals surface area contributed by atoms with Crippen LogP contribution in [-0.2, 0) is 19.2 Å². The summed E-state index contributed by atoms with van der Waals surface area (Å²) in [5.41, 5.74) is 0. The average Bonchev–Trinajstić information content (AvgIpc) is 2.68. The molecule has 0 aromatic carbocycles. The smallest absolute Gasteiger partial charge is 0.249 e. The van der Waals surface area contributed by atoms with E-state index in [0.717, 1.165) is 48.3 Å². The maximum absolute atomic E-state index is 12.3. The molecule has 0 saturated carbocycles. The number of rotatable bonds is 14. The molecule has 0 bridgehead atoms. The fraction of sp³-hybridized carbons (Fsp3) is 0.818. The van der Waals surface area contributed by atoms with Crippen LogP contribution in [0.25, 0.3) is 0 Å². The minimum atomic E-state index is -0.438. The molecule has 1 aliphatic heterocycles. The Hall–Kier alpha value is -1.72. The molecule has 28 heavy (non-hydrogen) atoms. The zero-order chi connectivity index (χ0) is 20.8. The minimum Gasteiger partial charge on any atom is -0.274 e. The van der Waals surface area contributed by atoms with Crippen molar-refractivity contribution in [2.45, 2.75) is 104 Å². The van der Waals surface area contributed by atoms with Crippen LogP contribution >= 0.6 is 0 Å². The second kappa shape index (κ2) is 14.3. The van der Waals surface area contributed by atoms with Gasteiger partial charge in [0.1, 0.15) is 13.1 Å². The van der Waals surface area contributed by atoms with Crippen LogP contribution in [0.3, 0.4) is 0 Å². The van der Waals surface area contributed by atoms with E-state index >= 15 is 0 Å². The molecule has 1 aliphatic rings. The van der Waals surface area contributed by atoms with E-state index in [1.54, 1.807) is 0 Å². The molecule has 6 nitrogen and oxygen atoms in total. The molecular weight excluding hydrogens is 356 g/mol. The Morgan fingerprint density at radius 3 is 1.29 bits per heavy atom. The summed E-state index contributed by atoms with van der Waals surface area (Å²) in [5.74, 6) is -1.47. The highest BCUT2D eigenvalue weighted by atomic mass is 16.2. The van der Waals surface area contributed by atoms with Crippen molar-refractivity contribution in [3.05, 3.63) is 0 Å². The highest BCUT2D eigenvalue weighted by Gasteiger charge is 2.36. The van der Waals surface area contributed by atoms with Gasteiger partial charge in [-0.25, -0.2) is 0 Å². The first-order valence-electron chi connectivity index (χ1n) is 11.2. The number of hydrogen-bond acceptors (Lipinski definition) is 4. The Balaban J connectivity index is 2.32. The van der Waals surface area contributed by atoms with Gasteiger partial charge >= 0.3 is 0 Å². The molecule has 0 aromatic heterocycles. The van der Waals surface area contributed by atoms with E-state index in [2.05, 4.69) is 13.8 Å². The number of nitrogens with zero attached hydrogens (tertiary/aromatic N) is 2. The lowest BCUT2D eigenvalue weighted by atomic mass is 10.1. The van der Waals surface area contributed by atoms with Gasteiger partial charge in [0.2, 0.25) is 23.6 Å². The Morgan fingerprint density at radius 1 is 0.607 bits per heavy atom. The van der Waals surface area contributed by atoms with Gasteiger partial charge in [0.05, 0.1) is 0 Å². The van der Waals surface area contributed by atoms with Crippen molar-refractivity contribution in [3.8, 4) is 0 Å². The van der Waals surface area contributed by atoms with Gasteiger partial charge in [-0.3, -0.25) is 29.0 Å². The number of amides is 4. The Morgan fingerprint density at radius 2 is 0.929 bits per heavy atom. The zero-order valence-corrected chi connectivity index (χ0v) is 17.8. The summed E-state index contributed by atoms with van der Waals surface area (Å²) in [7, 11) is 0. The number of unbranched alkanes of at least 4 members (excludes halogenated alkanes) is 10. The summed E-state index contributed by atoms with van der Waals surface area (Å²) in [4.78, 5) is 51.1. The zero-order valence-electron chi connectivity index (χ0n) is 17.8. The lowest BCUT2D eigenvalue weighted by molar-refractivity contribution is -0.162. The summed E-state index contributed by atoms with van der Waals surface area (Å²) in [6.07, 6.45) is 13.3. The van der Waals surface area contributed by atoms with Gasteiger partial charge in [-0.05, 0) is 12.8 Å². The summed E-state index contributed by atoms with van der Waals surface area (Å²) in [6, 6.07) is 0. The highest BCUT2D eigenvalue weighted by Crippen LogP contribution is 2.14. The molecule has 1 heterocycles. The van der Waals surface area contributed by atoms with E-state index in [-0.39, 0.29) is 37.7 Å². The van der Waals surface area contributed by atoms with Crippen LogP contribution in [0.1, 0.15) is 104 Å². The molecule has 0 aliphatic carbocycles. The molecule has 1 saturated heterocycles. The van der Waals surface area contributed by atoms with Crippen molar-refractivity contribution < 1.29 is 19.2 Å². The molecule has 0 radical (unpaired) electrons. The topological polar surface area (TPSA) is 74.8 Å². The van der Waals surface area contributed by atoms with Crippen LogP contribution in [0.15, 0.2) is 0 Å². The van der Waals surface area contributed by atoms with Crippen molar-refractivity contribution in [1.82, 2.24) is 9.80 Å². The molecule has 0 atom stereocenters. The highest BCUT2D eigenvalue weighted by molar-refractivity contribution is 6.08. The minimum absolute atomic E-state index is 0.289. The summed E-state index contributed by atoms with van der Waals surface area (Å²) >= 11 is 0. The third-order valence-electron chi connectivity index (χ3n) is 5.28. The van der Waals surface area contributed by atoms with Crippen LogP contribution in [0.4, 0.5) is 0 Å². The van der Waals surface area contributed by atoms with Gasteiger partial charge in [0.15, 0.2) is 0 Å². The van der Waals surface area contributed by atoms with E-state index in [1.165, 1.54) is 38.5 Å². The summed E-state index contributed by atoms with van der Waals surface area (Å²) < 4.78 is 0. The second-order valence-electron chi connectivity index (χ2n) is 7.78. The standard InChI is InChI=1S/C22H38N2O4/c1-3-5-7-9-11-13-15-19(25)23-17-22(28)24(18-21(23)27)20(26)16-14-12-10-8-6-4-2/h3-18H2,1-2H3. The van der Waals surface area contributed by atoms with Crippen LogP contribution in [-0.4, -0.2) is 46.5 Å². The van der Waals surface area contributed by atoms with Crippen molar-refractivity contribution in [2.75, 3.05) is 13.1 Å². The molecule has 0 aromatic rings. The quantitative estimate of drug-likeness (QED) is 0.414. The van der Waals surface area contributed by atoms with Crippen molar-refractivity contribution in [3.63, 3.8) is 0 Å². The number of piperazine rings is 1. The van der Waals surface area contributed by atoms with Crippen LogP contribution < -0.4 is 0 Å². The third-order valence-corrected chi connectivity index (χ3v) is 5.28. The molecule has 1 fully saturated rings. The van der Waals surface area contributed by atoms with E-state index in [4.69, 9.17) is 0 Å². The van der Waals surface area contributed by atoms with Crippen LogP contribution in [0.5, 0.6) is 0 Å². The van der Waals surface area contributed by atoms with Gasteiger partial charge in [0, 0.05) is 12.8 Å². The molecule has 0 N–H and O–H groups in total. The Bertz CT molecular complexity index is 473. The van der Waals surface area contributed by atoms with Gasteiger partial charge in [-0.1, -0.05) is 78.1 Å². The van der Waals surface area contributed by atoms with Gasteiger partial charge in [0.25, 0.3) is 0 Å². The number of carbonyl (C=O) groups excluding carboxylic acids is 4. The fourth-order valence-corrected chi connectivity index (χ4v) is 3.46. The van der Waals surface area contributed by atoms with E-state index in [0.29, 0.717) is 0 Å². The fourth-order valence-electron chi connectivity index (χ4n) is 3.46. The Labute approximate surface area is 170 Å². The van der Waals surface area contributed by atoms with E-state index in [9.17, 15) is 19.2 Å². The normalized spacial score (nSPS) is 14.6. The first kappa shape index (κ1) is 24.3. The van der Waals surface area contributed by atoms with Crippen molar-refractivity contribution in [2.24, 2.45) is 0 Å². The van der Waals surface area contributed by atoms with Crippen LogP contribution in [0, 0.1) is 0 Å². The second-order valence-corrected chi connectivity index (χ2v) is 7.78. The number of imide groups is 2. The Kier molecular flexibility index (Phi) is 12.4. The molecular formula is C22H38N2O4. The van der Waals surface area contributed by atoms with Gasteiger partial charge < -0.3 is 0 Å². The first-order chi connectivity index (χ1) is 13.5. The lowest BCUT2D eigenvalue weighted by Gasteiger charge is -2.31. The molecule has 1 rings (SSSR count). The monoisotopic (exact) mass is 394 g/mol. The molecule has 160 valence electrons. The van der Waals surface area contributed by atoms with Gasteiger partial charge in [-0.2, -0.15) is 0 Å². The lowest BCUT2D eigenvalue weighted by Crippen LogP contribution is -2.57. The largest absolute Gasteiger partial charge is 0.274 e. The maximum atomic E-state index is 12.3. The molecule has 4 amide bonds.